The lowest BCUT2D eigenvalue weighted by atomic mass is 9.98. The van der Waals surface area contributed by atoms with Crippen molar-refractivity contribution >= 4 is 11.9 Å². The number of carbonyl (C=O) groups excluding carboxylic acids is 1. The minimum absolute atomic E-state index is 0.0612. The Morgan fingerprint density at radius 3 is 2.64 bits per heavy atom. The van der Waals surface area contributed by atoms with Gasteiger partial charge in [0.25, 0.3) is 0 Å². The first-order valence-electron chi connectivity index (χ1n) is 8.03. The molecule has 0 atom stereocenters. The van der Waals surface area contributed by atoms with Crippen LogP contribution >= 0.6 is 0 Å². The van der Waals surface area contributed by atoms with E-state index in [0.29, 0.717) is 40.7 Å². The van der Waals surface area contributed by atoms with Gasteiger partial charge in [0.1, 0.15) is 18.1 Å². The van der Waals surface area contributed by atoms with Crippen molar-refractivity contribution in [3.63, 3.8) is 0 Å². The largest absolute Gasteiger partial charge is 0.497 e. The number of ether oxygens (including phenoxy) is 4. The third-order valence-corrected chi connectivity index (χ3v) is 3.93. The molecule has 0 fully saturated rings. The molecule has 3 rings (SSSR count). The van der Waals surface area contributed by atoms with Gasteiger partial charge in [-0.25, -0.2) is 0 Å². The maximum atomic E-state index is 12.8. The summed E-state index contributed by atoms with van der Waals surface area (Å²) in [7, 11) is 3.16. The average molecular weight is 340 g/mol. The second kappa shape index (κ2) is 7.30. The van der Waals surface area contributed by atoms with Crippen LogP contribution < -0.4 is 18.9 Å². The molecule has 0 aliphatic carbocycles. The van der Waals surface area contributed by atoms with Gasteiger partial charge in [0.15, 0.2) is 17.3 Å². The molecule has 0 unspecified atom stereocenters. The Hall–Kier alpha value is -2.95. The summed E-state index contributed by atoms with van der Waals surface area (Å²) in [5.74, 6) is 2.44. The predicted molar refractivity (Wildman–Crippen MR) is 95.0 cm³/mol. The van der Waals surface area contributed by atoms with Gasteiger partial charge in [0.2, 0.25) is 0 Å². The molecule has 25 heavy (non-hydrogen) atoms. The van der Waals surface area contributed by atoms with E-state index < -0.39 is 0 Å². The molecule has 2 aromatic carbocycles. The number of Topliss-reactive ketones (excluding diaryl/α,β-unsaturated/α-hetero) is 1. The molecule has 0 saturated heterocycles. The smallest absolute Gasteiger partial charge is 0.196 e. The van der Waals surface area contributed by atoms with Crippen LogP contribution in [0.25, 0.3) is 6.08 Å². The minimum atomic E-state index is -0.0612. The Balaban J connectivity index is 1.94. The predicted octanol–water partition coefficient (Wildman–Crippen LogP) is 3.76. The van der Waals surface area contributed by atoms with Gasteiger partial charge in [-0.2, -0.15) is 0 Å². The monoisotopic (exact) mass is 340 g/mol. The molecule has 1 heterocycles. The lowest BCUT2D eigenvalue weighted by Gasteiger charge is -2.19. The number of methoxy groups -OCH3 is 2. The molecule has 0 bridgehead atoms. The van der Waals surface area contributed by atoms with Crippen molar-refractivity contribution in [3.05, 3.63) is 53.1 Å². The van der Waals surface area contributed by atoms with Crippen molar-refractivity contribution in [1.29, 1.82) is 0 Å². The molecule has 130 valence electrons. The Bertz CT molecular complexity index is 823. The van der Waals surface area contributed by atoms with E-state index in [4.69, 9.17) is 18.9 Å². The molecule has 0 N–H and O–H groups in total. The molecule has 0 aromatic heterocycles. The number of ketones is 1. The first kappa shape index (κ1) is 16.9. The molecule has 5 heteroatoms. The highest BCUT2D eigenvalue weighted by Gasteiger charge is 2.24. The number of carbonyl (C=O) groups is 1. The highest BCUT2D eigenvalue weighted by atomic mass is 16.5. The molecular weight excluding hydrogens is 320 g/mol. The molecule has 1 aliphatic heterocycles. The molecule has 1 aliphatic rings. The van der Waals surface area contributed by atoms with Crippen LogP contribution in [0.5, 0.6) is 23.0 Å². The van der Waals surface area contributed by atoms with Gasteiger partial charge < -0.3 is 18.9 Å². The summed E-state index contributed by atoms with van der Waals surface area (Å²) in [4.78, 5) is 12.8. The minimum Gasteiger partial charge on any atom is -0.497 e. The van der Waals surface area contributed by atoms with E-state index in [1.54, 1.807) is 32.4 Å². The van der Waals surface area contributed by atoms with Crippen molar-refractivity contribution in [2.75, 3.05) is 27.4 Å². The van der Waals surface area contributed by atoms with Crippen LogP contribution in [0.15, 0.2) is 42.0 Å². The van der Waals surface area contributed by atoms with Gasteiger partial charge in [-0.1, -0.05) is 6.07 Å². The fourth-order valence-corrected chi connectivity index (χ4v) is 2.69. The highest BCUT2D eigenvalue weighted by Crippen LogP contribution is 2.33. The first-order chi connectivity index (χ1) is 12.2. The summed E-state index contributed by atoms with van der Waals surface area (Å²) in [6.07, 6.45) is 1.81. The van der Waals surface area contributed by atoms with Crippen molar-refractivity contribution in [2.45, 2.75) is 6.92 Å². The summed E-state index contributed by atoms with van der Waals surface area (Å²) in [5, 5.41) is 0. The molecule has 5 nitrogen and oxygen atoms in total. The van der Waals surface area contributed by atoms with E-state index in [9.17, 15) is 4.79 Å². The maximum Gasteiger partial charge on any atom is 0.196 e. The molecular formula is C20H20O5. The van der Waals surface area contributed by atoms with Gasteiger partial charge in [-0.05, 0) is 48.9 Å². The zero-order valence-electron chi connectivity index (χ0n) is 14.5. The van der Waals surface area contributed by atoms with Gasteiger partial charge >= 0.3 is 0 Å². The number of rotatable bonds is 5. The second-order valence-corrected chi connectivity index (χ2v) is 5.49. The van der Waals surface area contributed by atoms with Crippen LogP contribution in [0, 0.1) is 0 Å². The number of benzene rings is 2. The first-order valence-corrected chi connectivity index (χ1v) is 8.03. The zero-order valence-corrected chi connectivity index (χ0v) is 14.5. The summed E-state index contributed by atoms with van der Waals surface area (Å²) < 4.78 is 21.8. The van der Waals surface area contributed by atoms with Crippen molar-refractivity contribution in [3.8, 4) is 23.0 Å². The Morgan fingerprint density at radius 2 is 1.92 bits per heavy atom. The van der Waals surface area contributed by atoms with Crippen molar-refractivity contribution < 1.29 is 23.7 Å². The Labute approximate surface area is 146 Å². The van der Waals surface area contributed by atoms with Crippen molar-refractivity contribution in [1.82, 2.24) is 0 Å². The summed E-state index contributed by atoms with van der Waals surface area (Å²) in [5.41, 5.74) is 1.94. The lowest BCUT2D eigenvalue weighted by molar-refractivity contribution is 0.100. The summed E-state index contributed by atoms with van der Waals surface area (Å²) >= 11 is 0. The quantitative estimate of drug-likeness (QED) is 0.776. The Kier molecular flexibility index (Phi) is 4.93. The van der Waals surface area contributed by atoms with Crippen LogP contribution in [-0.4, -0.2) is 33.2 Å². The SMILES string of the molecule is CCOc1cc(/C=C2\COc3ccc(OC)cc3C2=O)ccc1OC. The maximum absolute atomic E-state index is 12.8. The fraction of sp³-hybridized carbons (Fsp3) is 0.250. The third-order valence-electron chi connectivity index (χ3n) is 3.93. The van der Waals surface area contributed by atoms with Gasteiger partial charge in [0, 0.05) is 5.57 Å². The summed E-state index contributed by atoms with van der Waals surface area (Å²) in [6.45, 7) is 2.67. The molecule has 0 saturated carbocycles. The number of fused-ring (bicyclic) bond motifs is 1. The van der Waals surface area contributed by atoms with E-state index in [2.05, 4.69) is 0 Å². The van der Waals surface area contributed by atoms with E-state index in [-0.39, 0.29) is 12.4 Å². The normalized spacial score (nSPS) is 14.7. The van der Waals surface area contributed by atoms with Gasteiger partial charge in [0.05, 0.1) is 26.4 Å². The molecule has 0 radical (unpaired) electrons. The molecule has 0 spiro atoms. The number of hydrogen-bond donors (Lipinski definition) is 0. The second-order valence-electron chi connectivity index (χ2n) is 5.49. The Morgan fingerprint density at radius 1 is 1.08 bits per heavy atom. The van der Waals surface area contributed by atoms with Crippen molar-refractivity contribution in [2.24, 2.45) is 0 Å². The van der Waals surface area contributed by atoms with Crippen LogP contribution in [0.3, 0.4) is 0 Å². The standard InChI is InChI=1S/C20H20O5/c1-4-24-19-10-13(5-7-18(19)23-3)9-14-12-25-17-8-6-15(22-2)11-16(17)20(14)21/h5-11H,4,12H2,1-3H3/b14-9+. The fourth-order valence-electron chi connectivity index (χ4n) is 2.69. The molecule has 2 aromatic rings. The highest BCUT2D eigenvalue weighted by molar-refractivity contribution is 6.14. The summed E-state index contributed by atoms with van der Waals surface area (Å²) in [6, 6.07) is 10.8. The van der Waals surface area contributed by atoms with E-state index in [1.165, 1.54) is 0 Å². The van der Waals surface area contributed by atoms with Gasteiger partial charge in [-0.3, -0.25) is 4.79 Å². The van der Waals surface area contributed by atoms with Gasteiger partial charge in [-0.15, -0.1) is 0 Å². The van der Waals surface area contributed by atoms with E-state index in [1.807, 2.05) is 31.2 Å². The number of hydrogen-bond acceptors (Lipinski definition) is 5. The average Bonchev–Trinajstić information content (AvgIpc) is 2.64. The van der Waals surface area contributed by atoms with E-state index >= 15 is 0 Å². The van der Waals surface area contributed by atoms with Crippen LogP contribution in [-0.2, 0) is 0 Å². The zero-order chi connectivity index (χ0) is 17.8. The molecule has 0 amide bonds. The third kappa shape index (κ3) is 3.45. The van der Waals surface area contributed by atoms with Crippen LogP contribution in [0.4, 0.5) is 0 Å². The van der Waals surface area contributed by atoms with E-state index in [0.717, 1.165) is 5.56 Å². The van der Waals surface area contributed by atoms with Crippen LogP contribution in [0.1, 0.15) is 22.8 Å². The topological polar surface area (TPSA) is 54.0 Å². The van der Waals surface area contributed by atoms with Crippen LogP contribution in [0.2, 0.25) is 0 Å². The lowest BCUT2D eigenvalue weighted by Crippen LogP contribution is -2.19.